The topological polar surface area (TPSA) is 55.8 Å². The van der Waals surface area contributed by atoms with Gasteiger partial charge in [0, 0.05) is 12.5 Å². The minimum Gasteiger partial charge on any atom is -0.489 e. The summed E-state index contributed by atoms with van der Waals surface area (Å²) in [6.45, 7) is 0.478. The number of ether oxygens (including phenoxy) is 2. The Labute approximate surface area is 159 Å². The van der Waals surface area contributed by atoms with Gasteiger partial charge >= 0.3 is 5.97 Å². The average molecular weight is 362 g/mol. The van der Waals surface area contributed by atoms with Gasteiger partial charge < -0.3 is 14.6 Å². The van der Waals surface area contributed by atoms with Crippen molar-refractivity contribution in [2.24, 2.45) is 0 Å². The molecule has 0 aliphatic carbocycles. The number of carbonyl (C=O) groups is 1. The normalized spacial score (nSPS) is 11.6. The van der Waals surface area contributed by atoms with Gasteiger partial charge in [0.2, 0.25) is 0 Å². The van der Waals surface area contributed by atoms with Crippen molar-refractivity contribution in [3.63, 3.8) is 0 Å². The molecule has 27 heavy (non-hydrogen) atoms. The van der Waals surface area contributed by atoms with Crippen molar-refractivity contribution >= 4 is 5.97 Å². The molecule has 3 rings (SSSR count). The first-order valence-electron chi connectivity index (χ1n) is 8.91. The standard InChI is InChI=1S/C23H22O4/c24-23(25)15-14-22(19-10-5-2-6-11-19)27-21-13-7-12-20(16-21)26-17-18-8-3-1-4-9-18/h1-13,16,22H,14-15,17H2,(H,24,25). The van der Waals surface area contributed by atoms with E-state index in [-0.39, 0.29) is 12.5 Å². The summed E-state index contributed by atoms with van der Waals surface area (Å²) in [5, 5.41) is 9.02. The van der Waals surface area contributed by atoms with Crippen LogP contribution in [-0.4, -0.2) is 11.1 Å². The van der Waals surface area contributed by atoms with Crippen LogP contribution in [0, 0.1) is 0 Å². The third-order valence-corrected chi connectivity index (χ3v) is 4.12. The molecule has 1 atom stereocenters. The highest BCUT2D eigenvalue weighted by Gasteiger charge is 2.15. The van der Waals surface area contributed by atoms with E-state index in [1.165, 1.54) is 0 Å². The minimum atomic E-state index is -0.834. The van der Waals surface area contributed by atoms with Crippen LogP contribution in [0.3, 0.4) is 0 Å². The summed E-state index contributed by atoms with van der Waals surface area (Å²) in [5.41, 5.74) is 2.04. The van der Waals surface area contributed by atoms with Gasteiger partial charge in [0.05, 0.1) is 0 Å². The molecule has 0 saturated heterocycles. The molecule has 1 unspecified atom stereocenters. The maximum Gasteiger partial charge on any atom is 0.303 e. The molecule has 138 valence electrons. The van der Waals surface area contributed by atoms with Gasteiger partial charge in [-0.1, -0.05) is 66.7 Å². The number of rotatable bonds is 9. The molecule has 0 radical (unpaired) electrons. The predicted molar refractivity (Wildman–Crippen MR) is 104 cm³/mol. The molecule has 0 aliphatic heterocycles. The second kappa shape index (κ2) is 9.43. The lowest BCUT2D eigenvalue weighted by molar-refractivity contribution is -0.137. The number of carboxylic acids is 1. The van der Waals surface area contributed by atoms with Crippen LogP contribution in [0.5, 0.6) is 11.5 Å². The van der Waals surface area contributed by atoms with Gasteiger partial charge in [-0.05, 0) is 29.7 Å². The van der Waals surface area contributed by atoms with Crippen LogP contribution in [-0.2, 0) is 11.4 Å². The van der Waals surface area contributed by atoms with Crippen LogP contribution >= 0.6 is 0 Å². The third kappa shape index (κ3) is 5.89. The summed E-state index contributed by atoms with van der Waals surface area (Å²) in [4.78, 5) is 11.0. The molecule has 1 N–H and O–H groups in total. The first-order chi connectivity index (χ1) is 13.2. The maximum absolute atomic E-state index is 11.0. The fourth-order valence-corrected chi connectivity index (χ4v) is 2.76. The van der Waals surface area contributed by atoms with Gasteiger partial charge in [0.25, 0.3) is 0 Å². The Kier molecular flexibility index (Phi) is 6.47. The van der Waals surface area contributed by atoms with Crippen molar-refractivity contribution in [1.82, 2.24) is 0 Å². The summed E-state index contributed by atoms with van der Waals surface area (Å²) in [6, 6.07) is 27.0. The van der Waals surface area contributed by atoms with E-state index in [1.807, 2.05) is 84.9 Å². The fraction of sp³-hybridized carbons (Fsp3) is 0.174. The van der Waals surface area contributed by atoms with Gasteiger partial charge in [0.15, 0.2) is 0 Å². The van der Waals surface area contributed by atoms with E-state index < -0.39 is 5.97 Å². The lowest BCUT2D eigenvalue weighted by Gasteiger charge is -2.19. The fourth-order valence-electron chi connectivity index (χ4n) is 2.76. The highest BCUT2D eigenvalue weighted by molar-refractivity contribution is 5.66. The van der Waals surface area contributed by atoms with Crippen LogP contribution in [0.4, 0.5) is 0 Å². The molecule has 4 nitrogen and oxygen atoms in total. The zero-order chi connectivity index (χ0) is 18.9. The Balaban J connectivity index is 1.69. The van der Waals surface area contributed by atoms with E-state index in [2.05, 4.69) is 0 Å². The number of carboxylic acid groups (broad SMARTS) is 1. The summed E-state index contributed by atoms with van der Waals surface area (Å²) in [5.74, 6) is 0.528. The highest BCUT2D eigenvalue weighted by atomic mass is 16.5. The molecule has 3 aromatic carbocycles. The van der Waals surface area contributed by atoms with Crippen molar-refractivity contribution in [3.05, 3.63) is 96.1 Å². The Bertz CT molecular complexity index is 847. The van der Waals surface area contributed by atoms with Crippen LogP contribution in [0.2, 0.25) is 0 Å². The van der Waals surface area contributed by atoms with Crippen molar-refractivity contribution in [1.29, 1.82) is 0 Å². The van der Waals surface area contributed by atoms with Gasteiger partial charge in [0.1, 0.15) is 24.2 Å². The molecule has 0 saturated carbocycles. The molecular formula is C23H22O4. The van der Waals surface area contributed by atoms with Crippen molar-refractivity contribution in [2.75, 3.05) is 0 Å². The van der Waals surface area contributed by atoms with Gasteiger partial charge in [-0.15, -0.1) is 0 Å². The Morgan fingerprint density at radius 1 is 0.852 bits per heavy atom. The first-order valence-corrected chi connectivity index (χ1v) is 8.91. The second-order valence-corrected chi connectivity index (χ2v) is 6.20. The summed E-state index contributed by atoms with van der Waals surface area (Å²) in [7, 11) is 0. The molecule has 0 aromatic heterocycles. The third-order valence-electron chi connectivity index (χ3n) is 4.12. The average Bonchev–Trinajstić information content (AvgIpc) is 2.71. The lowest BCUT2D eigenvalue weighted by atomic mass is 10.0. The Hall–Kier alpha value is -3.27. The first kappa shape index (κ1) is 18.5. The quantitative estimate of drug-likeness (QED) is 0.565. The molecule has 0 fully saturated rings. The van der Waals surface area contributed by atoms with E-state index in [0.717, 1.165) is 11.1 Å². The maximum atomic E-state index is 11.0. The van der Waals surface area contributed by atoms with E-state index in [4.69, 9.17) is 14.6 Å². The van der Waals surface area contributed by atoms with Crippen molar-refractivity contribution in [3.8, 4) is 11.5 Å². The van der Waals surface area contributed by atoms with Crippen LogP contribution in [0.1, 0.15) is 30.1 Å². The van der Waals surface area contributed by atoms with E-state index in [9.17, 15) is 4.79 Å². The van der Waals surface area contributed by atoms with Gasteiger partial charge in [-0.25, -0.2) is 0 Å². The number of hydrogen-bond donors (Lipinski definition) is 1. The van der Waals surface area contributed by atoms with E-state index in [1.54, 1.807) is 0 Å². The molecule has 0 spiro atoms. The van der Waals surface area contributed by atoms with E-state index >= 15 is 0 Å². The molecule has 3 aromatic rings. The summed E-state index contributed by atoms with van der Waals surface area (Å²) < 4.78 is 11.9. The van der Waals surface area contributed by atoms with Crippen LogP contribution in [0.25, 0.3) is 0 Å². The summed E-state index contributed by atoms with van der Waals surface area (Å²) in [6.07, 6.45) is 0.116. The molecular weight excluding hydrogens is 340 g/mol. The Morgan fingerprint density at radius 2 is 1.52 bits per heavy atom. The zero-order valence-corrected chi connectivity index (χ0v) is 15.0. The Morgan fingerprint density at radius 3 is 2.22 bits per heavy atom. The lowest BCUT2D eigenvalue weighted by Crippen LogP contribution is -2.10. The van der Waals surface area contributed by atoms with E-state index in [0.29, 0.717) is 24.5 Å². The second-order valence-electron chi connectivity index (χ2n) is 6.20. The number of hydrogen-bond acceptors (Lipinski definition) is 3. The minimum absolute atomic E-state index is 0.0454. The highest BCUT2D eigenvalue weighted by Crippen LogP contribution is 2.28. The molecule has 0 aliphatic rings. The van der Waals surface area contributed by atoms with Crippen LogP contribution < -0.4 is 9.47 Å². The molecule has 0 heterocycles. The SMILES string of the molecule is O=C(O)CCC(Oc1cccc(OCc2ccccc2)c1)c1ccccc1. The summed E-state index contributed by atoms with van der Waals surface area (Å²) >= 11 is 0. The smallest absolute Gasteiger partial charge is 0.303 e. The predicted octanol–water partition coefficient (Wildman–Crippen LogP) is 5.25. The van der Waals surface area contributed by atoms with Crippen molar-refractivity contribution in [2.45, 2.75) is 25.6 Å². The largest absolute Gasteiger partial charge is 0.489 e. The van der Waals surface area contributed by atoms with Crippen molar-refractivity contribution < 1.29 is 19.4 Å². The monoisotopic (exact) mass is 362 g/mol. The van der Waals surface area contributed by atoms with Gasteiger partial charge in [-0.2, -0.15) is 0 Å². The zero-order valence-electron chi connectivity index (χ0n) is 15.0. The van der Waals surface area contributed by atoms with Crippen LogP contribution in [0.15, 0.2) is 84.9 Å². The number of benzene rings is 3. The molecule has 0 bridgehead atoms. The number of aliphatic carboxylic acids is 1. The molecule has 4 heteroatoms. The van der Waals surface area contributed by atoms with Gasteiger partial charge in [-0.3, -0.25) is 4.79 Å². The molecule has 0 amide bonds.